The fourth-order valence-corrected chi connectivity index (χ4v) is 5.53. The number of methoxy groups -OCH3 is 1. The zero-order valence-corrected chi connectivity index (χ0v) is 22.5. The number of fused-ring (bicyclic) bond motifs is 2. The minimum absolute atomic E-state index is 0.0272. The summed E-state index contributed by atoms with van der Waals surface area (Å²) in [6.07, 6.45) is -4.65. The molecule has 0 aliphatic carbocycles. The molecule has 3 aromatic heterocycles. The van der Waals surface area contributed by atoms with Gasteiger partial charge in [0.1, 0.15) is 17.0 Å². The number of ether oxygens (including phenoxy) is 1. The van der Waals surface area contributed by atoms with E-state index in [2.05, 4.69) is 15.3 Å². The summed E-state index contributed by atoms with van der Waals surface area (Å²) in [5.41, 5.74) is 4.35. The Labute approximate surface area is 230 Å². The van der Waals surface area contributed by atoms with Crippen LogP contribution in [0.25, 0.3) is 32.4 Å². The summed E-state index contributed by atoms with van der Waals surface area (Å²) in [6, 6.07) is 12.0. The van der Waals surface area contributed by atoms with Crippen molar-refractivity contribution >= 4 is 38.2 Å². The Balaban J connectivity index is 1.56. The van der Waals surface area contributed by atoms with Crippen LogP contribution in [0.3, 0.4) is 0 Å². The number of amides is 1. The summed E-state index contributed by atoms with van der Waals surface area (Å²) in [5, 5.41) is 16.9. The largest absolute Gasteiger partial charge is 0.494 e. The number of alkyl halides is 3. The number of aromatic nitrogens is 2. The normalized spacial score (nSPS) is 13.1. The third kappa shape index (κ3) is 5.01. The molecule has 5 aromatic rings. The molecule has 40 heavy (non-hydrogen) atoms. The van der Waals surface area contributed by atoms with Crippen LogP contribution in [0.1, 0.15) is 47.4 Å². The molecular formula is C28H25F3N4O4S. The van der Waals surface area contributed by atoms with Gasteiger partial charge in [0.25, 0.3) is 5.91 Å². The number of benzene rings is 2. The van der Waals surface area contributed by atoms with E-state index in [0.29, 0.717) is 5.56 Å². The predicted octanol–water partition coefficient (Wildman–Crippen LogP) is 5.83. The van der Waals surface area contributed by atoms with Gasteiger partial charge >= 0.3 is 6.18 Å². The Morgan fingerprint density at radius 2 is 1.88 bits per heavy atom. The highest BCUT2D eigenvalue weighted by Crippen LogP contribution is 2.38. The molecule has 0 aliphatic heterocycles. The van der Waals surface area contributed by atoms with E-state index in [0.717, 1.165) is 21.7 Å². The average Bonchev–Trinajstić information content (AvgIpc) is 3.54. The lowest BCUT2D eigenvalue weighted by molar-refractivity contribution is -0.140. The zero-order chi connectivity index (χ0) is 28.8. The first-order valence-corrected chi connectivity index (χ1v) is 13.0. The van der Waals surface area contributed by atoms with Crippen molar-refractivity contribution in [1.29, 1.82) is 0 Å². The minimum Gasteiger partial charge on any atom is -0.494 e. The lowest BCUT2D eigenvalue weighted by atomic mass is 9.91. The maximum atomic E-state index is 13.5. The molecule has 208 valence electrons. The molecular weight excluding hydrogens is 545 g/mol. The van der Waals surface area contributed by atoms with Crippen LogP contribution in [-0.2, 0) is 12.7 Å². The first kappa shape index (κ1) is 27.6. The molecule has 3 heterocycles. The number of halogens is 3. The van der Waals surface area contributed by atoms with Crippen molar-refractivity contribution in [3.05, 3.63) is 76.6 Å². The van der Waals surface area contributed by atoms with Crippen molar-refractivity contribution in [3.63, 3.8) is 0 Å². The number of rotatable bonds is 7. The van der Waals surface area contributed by atoms with E-state index in [1.54, 1.807) is 19.9 Å². The van der Waals surface area contributed by atoms with Crippen molar-refractivity contribution in [3.8, 4) is 17.2 Å². The molecule has 5 rings (SSSR count). The summed E-state index contributed by atoms with van der Waals surface area (Å²) >= 11 is 1.49. The number of pyridine rings is 1. The molecule has 1 atom stereocenters. The fraction of sp³-hybridized carbons (Fsp3) is 0.250. The first-order chi connectivity index (χ1) is 18.9. The summed E-state index contributed by atoms with van der Waals surface area (Å²) in [6.45, 7) is 3.01. The molecule has 0 spiro atoms. The summed E-state index contributed by atoms with van der Waals surface area (Å²) in [4.78, 5) is 21.7. The number of carbonyl (C=O) groups is 1. The third-order valence-corrected chi connectivity index (χ3v) is 7.44. The van der Waals surface area contributed by atoms with Crippen LogP contribution >= 0.6 is 11.3 Å². The summed E-state index contributed by atoms with van der Waals surface area (Å²) < 4.78 is 52.1. The smallest absolute Gasteiger partial charge is 0.433 e. The third-order valence-electron chi connectivity index (χ3n) is 6.46. The molecule has 0 saturated carbocycles. The second-order valence-corrected chi connectivity index (χ2v) is 10.6. The van der Waals surface area contributed by atoms with E-state index in [1.807, 2.05) is 29.6 Å². The number of oxazole rings is 1. The highest BCUT2D eigenvalue weighted by molar-refractivity contribution is 7.17. The molecule has 1 amide bonds. The van der Waals surface area contributed by atoms with Gasteiger partial charge in [0.2, 0.25) is 5.89 Å². The van der Waals surface area contributed by atoms with Gasteiger partial charge in [-0.25, -0.2) is 9.97 Å². The molecule has 0 saturated heterocycles. The maximum absolute atomic E-state index is 13.5. The lowest BCUT2D eigenvalue weighted by Crippen LogP contribution is -2.42. The van der Waals surface area contributed by atoms with Gasteiger partial charge in [-0.05, 0) is 60.5 Å². The van der Waals surface area contributed by atoms with Gasteiger partial charge in [-0.3, -0.25) is 4.79 Å². The second-order valence-electron chi connectivity index (χ2n) is 9.65. The predicted molar refractivity (Wildman–Crippen MR) is 145 cm³/mol. The Kier molecular flexibility index (Phi) is 7.02. The van der Waals surface area contributed by atoms with Gasteiger partial charge in [-0.2, -0.15) is 13.2 Å². The summed E-state index contributed by atoms with van der Waals surface area (Å²) in [7, 11) is 1.33. The van der Waals surface area contributed by atoms with Crippen molar-refractivity contribution < 1.29 is 32.2 Å². The average molecular weight is 571 g/mol. The van der Waals surface area contributed by atoms with Crippen LogP contribution in [0, 0.1) is 0 Å². The zero-order valence-electron chi connectivity index (χ0n) is 21.7. The van der Waals surface area contributed by atoms with Gasteiger partial charge in [-0.15, -0.1) is 11.3 Å². The number of hydrogen-bond donors (Lipinski definition) is 3. The number of carbonyl (C=O) groups excluding carboxylic acids is 1. The van der Waals surface area contributed by atoms with E-state index in [9.17, 15) is 23.1 Å². The topological polar surface area (TPSA) is 124 Å². The van der Waals surface area contributed by atoms with E-state index < -0.39 is 29.4 Å². The van der Waals surface area contributed by atoms with E-state index in [-0.39, 0.29) is 40.5 Å². The number of aliphatic hydroxyl groups is 1. The number of nitrogens with one attached hydrogen (secondary N) is 1. The highest BCUT2D eigenvalue weighted by atomic mass is 32.1. The van der Waals surface area contributed by atoms with Crippen LogP contribution in [0.15, 0.2) is 58.3 Å². The number of thiophene rings is 1. The fourth-order valence-electron chi connectivity index (χ4n) is 4.54. The molecule has 0 radical (unpaired) electrons. The molecule has 0 fully saturated rings. The SMILES string of the molecule is COc1ccc(-c2nc(C(=O)NC(c3csc4ccccc34)C(C)(C)O)c(CN)o2)c2ccc(C(F)(F)F)nc12. The quantitative estimate of drug-likeness (QED) is 0.225. The van der Waals surface area contributed by atoms with Crippen LogP contribution in [0.2, 0.25) is 0 Å². The van der Waals surface area contributed by atoms with Gasteiger partial charge < -0.3 is 25.3 Å². The molecule has 1 unspecified atom stereocenters. The standard InChI is InChI=1S/C28H25F3N4O4S/c1-27(2,37)24(17-13-40-20-7-5-4-6-14(17)20)35-25(36)23-19(12-32)39-26(34-23)16-8-10-18(38-3)22-15(16)9-11-21(33-22)28(29,30)31/h4-11,13,24,37H,12,32H2,1-3H3,(H,35,36). The molecule has 4 N–H and O–H groups in total. The monoisotopic (exact) mass is 570 g/mol. The minimum atomic E-state index is -4.65. The molecule has 2 aromatic carbocycles. The highest BCUT2D eigenvalue weighted by Gasteiger charge is 2.35. The summed E-state index contributed by atoms with van der Waals surface area (Å²) in [5.74, 6) is -0.459. The second kappa shape index (κ2) is 10.2. The van der Waals surface area contributed by atoms with E-state index in [4.69, 9.17) is 14.9 Å². The van der Waals surface area contributed by atoms with Gasteiger partial charge in [-0.1, -0.05) is 18.2 Å². The Morgan fingerprint density at radius 3 is 2.55 bits per heavy atom. The molecule has 0 aliphatic rings. The first-order valence-electron chi connectivity index (χ1n) is 12.2. The van der Waals surface area contributed by atoms with Gasteiger partial charge in [0, 0.05) is 15.6 Å². The maximum Gasteiger partial charge on any atom is 0.433 e. The van der Waals surface area contributed by atoms with E-state index >= 15 is 0 Å². The number of nitrogens with two attached hydrogens (primary N) is 1. The Morgan fingerprint density at radius 1 is 1.12 bits per heavy atom. The van der Waals surface area contributed by atoms with Crippen LogP contribution in [-0.4, -0.2) is 33.7 Å². The van der Waals surface area contributed by atoms with Gasteiger partial charge in [0.15, 0.2) is 11.5 Å². The van der Waals surface area contributed by atoms with Crippen molar-refractivity contribution in [1.82, 2.24) is 15.3 Å². The van der Waals surface area contributed by atoms with Crippen LogP contribution in [0.4, 0.5) is 13.2 Å². The molecule has 0 bridgehead atoms. The van der Waals surface area contributed by atoms with Crippen molar-refractivity contribution in [2.75, 3.05) is 7.11 Å². The lowest BCUT2D eigenvalue weighted by Gasteiger charge is -2.30. The van der Waals surface area contributed by atoms with E-state index in [1.165, 1.54) is 30.6 Å². The van der Waals surface area contributed by atoms with Crippen LogP contribution < -0.4 is 15.8 Å². The molecule has 8 nitrogen and oxygen atoms in total. The van der Waals surface area contributed by atoms with Crippen molar-refractivity contribution in [2.24, 2.45) is 5.73 Å². The Hall–Kier alpha value is -4.00. The number of hydrogen-bond acceptors (Lipinski definition) is 8. The molecule has 12 heteroatoms. The Bertz CT molecular complexity index is 1720. The van der Waals surface area contributed by atoms with Crippen molar-refractivity contribution in [2.45, 2.75) is 38.2 Å². The van der Waals surface area contributed by atoms with Gasteiger partial charge in [0.05, 0.1) is 25.3 Å². The van der Waals surface area contributed by atoms with Crippen LogP contribution in [0.5, 0.6) is 5.75 Å². The number of nitrogens with zero attached hydrogens (tertiary/aromatic N) is 2.